The number of para-hydroxylation sites is 5. The van der Waals surface area contributed by atoms with Crippen LogP contribution in [0.15, 0.2) is 398 Å². The summed E-state index contributed by atoms with van der Waals surface area (Å²) in [5.74, 6) is 2.83. The van der Waals surface area contributed by atoms with E-state index in [0.717, 1.165) is 127 Å². The molecule has 0 saturated heterocycles. The molecular formula is C100H65IN12O2. The highest BCUT2D eigenvalue weighted by Gasteiger charge is 2.27. The Morgan fingerprint density at radius 1 is 0.261 bits per heavy atom. The van der Waals surface area contributed by atoms with Gasteiger partial charge < -0.3 is 14.1 Å². The van der Waals surface area contributed by atoms with Gasteiger partial charge in [0.25, 0.3) is 11.1 Å². The average molecular weight is 1590 g/mol. The van der Waals surface area contributed by atoms with Gasteiger partial charge >= 0.3 is 0 Å². The first-order valence-corrected chi connectivity index (χ1v) is 38.9. The third-order valence-electron chi connectivity index (χ3n) is 21.1. The van der Waals surface area contributed by atoms with E-state index in [-0.39, 0.29) is 11.1 Å². The number of nitrogens with zero attached hydrogens (tertiary/aromatic N) is 11. The van der Waals surface area contributed by atoms with Crippen LogP contribution in [0.1, 0.15) is 0 Å². The zero-order chi connectivity index (χ0) is 76.9. The number of hydrogen-bond acceptors (Lipinski definition) is 8. The molecule has 0 aliphatic rings. The van der Waals surface area contributed by atoms with Crippen LogP contribution in [-0.2, 0) is 0 Å². The molecular weight excluding hydrogens is 1530 g/mol. The molecule has 15 heteroatoms. The summed E-state index contributed by atoms with van der Waals surface area (Å²) in [5.41, 5.74) is 17.3. The molecule has 8 heterocycles. The van der Waals surface area contributed by atoms with Crippen LogP contribution in [0.4, 0.5) is 0 Å². The Labute approximate surface area is 672 Å². The van der Waals surface area contributed by atoms with Crippen molar-refractivity contribution in [3.05, 3.63) is 413 Å². The van der Waals surface area contributed by atoms with E-state index >= 15 is 0 Å². The molecule has 0 saturated carbocycles. The standard InChI is InChI=1S/C50H32N6O.C44H28N6O.C6H5I/c57-49-46-40(30-31-54(49)36-20-9-3-10-21-36)45-38(35-28-29-43-41(32-35)39-24-13-14-26-42(39)55(43)37-22-11-4-12-23-37)25-15-27-44(45)56(46)50-52-47(33-16-5-1-6-17-33)51-48(53-50)34-18-7-2-8-19-34;51-43-40-34(25-26-45-43)39-32(30-23-24-37-35(27-30)33-19-10-11-21-36(33)49(37)31-17-8-3-9-18-31)20-12-22-38(39)50(40)44-47-41(28-13-4-1-5-14-28)46-42(48-44)29-15-6-2-7-16-29;7-6-4-2-1-3-5-6/h1-32H;1-27H,(H,45,51);1-5H. The van der Waals surface area contributed by atoms with Crippen molar-refractivity contribution in [2.24, 2.45) is 0 Å². The molecule has 14 aromatic carbocycles. The number of H-pyrrole nitrogens is 1. The molecule has 1 N–H and O–H groups in total. The van der Waals surface area contributed by atoms with Gasteiger partial charge in [0.15, 0.2) is 23.3 Å². The molecule has 0 atom stereocenters. The minimum absolute atomic E-state index is 0.176. The molecule has 0 fully saturated rings. The summed E-state index contributed by atoms with van der Waals surface area (Å²) in [6, 6.07) is 127. The maximum absolute atomic E-state index is 15.0. The number of hydrogen-bond donors (Lipinski definition) is 1. The molecule has 115 heavy (non-hydrogen) atoms. The first kappa shape index (κ1) is 69.1. The Bertz CT molecular complexity index is 7450. The summed E-state index contributed by atoms with van der Waals surface area (Å²) in [6.45, 7) is 0. The minimum Gasteiger partial charge on any atom is -0.327 e. The van der Waals surface area contributed by atoms with Crippen molar-refractivity contribution < 1.29 is 0 Å². The van der Waals surface area contributed by atoms with Crippen molar-refractivity contribution in [3.8, 4) is 96.8 Å². The van der Waals surface area contributed by atoms with Crippen molar-refractivity contribution in [3.63, 3.8) is 0 Å². The molecule has 8 aromatic heterocycles. The normalized spacial score (nSPS) is 11.4. The zero-order valence-corrected chi connectivity index (χ0v) is 63.7. The van der Waals surface area contributed by atoms with E-state index in [1.807, 2.05) is 222 Å². The summed E-state index contributed by atoms with van der Waals surface area (Å²) in [6.07, 6.45) is 3.58. The largest absolute Gasteiger partial charge is 0.327 e. The predicted octanol–water partition coefficient (Wildman–Crippen LogP) is 23.3. The quantitative estimate of drug-likeness (QED) is 0.126. The summed E-state index contributed by atoms with van der Waals surface area (Å²) >= 11 is 2.28. The molecule has 0 radical (unpaired) electrons. The van der Waals surface area contributed by atoms with Crippen molar-refractivity contribution in [2.45, 2.75) is 0 Å². The summed E-state index contributed by atoms with van der Waals surface area (Å²) in [4.78, 5) is 61.8. The molecule has 22 rings (SSSR count). The first-order valence-electron chi connectivity index (χ1n) is 37.9. The van der Waals surface area contributed by atoms with E-state index in [2.05, 4.69) is 207 Å². The van der Waals surface area contributed by atoms with Gasteiger partial charge in [-0.2, -0.15) is 19.9 Å². The molecule has 0 bridgehead atoms. The van der Waals surface area contributed by atoms with Crippen molar-refractivity contribution in [1.29, 1.82) is 0 Å². The van der Waals surface area contributed by atoms with Gasteiger partial charge in [0.1, 0.15) is 11.0 Å². The lowest BCUT2D eigenvalue weighted by Crippen LogP contribution is -2.20. The number of rotatable bonds is 11. The number of pyridine rings is 2. The van der Waals surface area contributed by atoms with Crippen LogP contribution >= 0.6 is 22.6 Å². The molecule has 0 unspecified atom stereocenters. The second-order valence-electron chi connectivity index (χ2n) is 27.9. The molecule has 0 aliphatic carbocycles. The fourth-order valence-corrected chi connectivity index (χ4v) is 16.4. The monoisotopic (exact) mass is 1590 g/mol. The van der Waals surface area contributed by atoms with Gasteiger partial charge in [-0.15, -0.1) is 0 Å². The highest BCUT2D eigenvalue weighted by molar-refractivity contribution is 14.1. The predicted molar refractivity (Wildman–Crippen MR) is 475 cm³/mol. The van der Waals surface area contributed by atoms with Crippen molar-refractivity contribution >= 4 is 110 Å². The highest BCUT2D eigenvalue weighted by atomic mass is 127. The lowest BCUT2D eigenvalue weighted by atomic mass is 9.98. The van der Waals surface area contributed by atoms with E-state index in [1.165, 1.54) is 14.3 Å². The van der Waals surface area contributed by atoms with E-state index < -0.39 is 0 Å². The number of nitrogens with one attached hydrogen (secondary N) is 1. The number of halogens is 1. The van der Waals surface area contributed by atoms with Gasteiger partial charge in [-0.25, -0.2) is 9.97 Å². The van der Waals surface area contributed by atoms with Gasteiger partial charge in [-0.05, 0) is 154 Å². The zero-order valence-electron chi connectivity index (χ0n) is 61.6. The Kier molecular flexibility index (Phi) is 17.8. The van der Waals surface area contributed by atoms with Crippen LogP contribution in [-0.4, -0.2) is 57.7 Å². The number of aromatic nitrogens is 12. The van der Waals surface area contributed by atoms with Crippen LogP contribution in [0.5, 0.6) is 0 Å². The first-order chi connectivity index (χ1) is 56.8. The molecule has 14 nitrogen and oxygen atoms in total. The third kappa shape index (κ3) is 12.6. The van der Waals surface area contributed by atoms with E-state index in [1.54, 1.807) is 10.8 Å². The summed E-state index contributed by atoms with van der Waals surface area (Å²) < 4.78 is 11.4. The molecule has 0 aliphatic heterocycles. The third-order valence-corrected chi connectivity index (χ3v) is 21.8. The SMILES string of the molecule is Ic1ccccc1.O=c1[nH]ccc2c3c(-c4ccc5c(c4)c4ccccc4n5-c4ccccc4)cccc3n(-c3nc(-c4ccccc4)nc(-c4ccccc4)n3)c12.O=c1c2c(ccn1-c1ccccc1)c1c(-c3ccc4c(c3)c3ccccc3n4-c3ccccc3)cccc1n2-c1nc(-c2ccccc2)nc(-c2ccccc2)n1. The summed E-state index contributed by atoms with van der Waals surface area (Å²) in [5, 5.41) is 8.18. The van der Waals surface area contributed by atoms with Gasteiger partial charge in [-0.1, -0.05) is 267 Å². The van der Waals surface area contributed by atoms with Crippen LogP contribution in [0, 0.1) is 3.57 Å². The van der Waals surface area contributed by atoms with E-state index in [9.17, 15) is 9.59 Å². The fourth-order valence-electron chi connectivity index (χ4n) is 16.0. The van der Waals surface area contributed by atoms with Crippen LogP contribution in [0.25, 0.3) is 184 Å². The van der Waals surface area contributed by atoms with Crippen molar-refractivity contribution in [1.82, 2.24) is 57.7 Å². The Morgan fingerprint density at radius 3 is 1.02 bits per heavy atom. The smallest absolute Gasteiger partial charge is 0.280 e. The van der Waals surface area contributed by atoms with Crippen LogP contribution in [0.3, 0.4) is 0 Å². The second-order valence-corrected chi connectivity index (χ2v) is 29.1. The fraction of sp³-hybridized carbons (Fsp3) is 0. The Balaban J connectivity index is 0.000000138. The number of fused-ring (bicyclic) bond motifs is 12. The van der Waals surface area contributed by atoms with Crippen LogP contribution in [0.2, 0.25) is 0 Å². The number of benzene rings is 14. The lowest BCUT2D eigenvalue weighted by molar-refractivity contribution is 0.933. The molecule has 0 amide bonds. The summed E-state index contributed by atoms with van der Waals surface area (Å²) in [7, 11) is 0. The molecule has 0 spiro atoms. The van der Waals surface area contributed by atoms with Gasteiger partial charge in [0.05, 0.1) is 33.1 Å². The van der Waals surface area contributed by atoms with E-state index in [4.69, 9.17) is 29.9 Å². The molecule has 22 aromatic rings. The maximum atomic E-state index is 15.0. The maximum Gasteiger partial charge on any atom is 0.280 e. The Hall–Kier alpha value is -15.1. The minimum atomic E-state index is -0.223. The van der Waals surface area contributed by atoms with E-state index in [0.29, 0.717) is 46.2 Å². The highest BCUT2D eigenvalue weighted by Crippen LogP contribution is 2.44. The van der Waals surface area contributed by atoms with Crippen LogP contribution < -0.4 is 11.1 Å². The van der Waals surface area contributed by atoms with Gasteiger partial charge in [0.2, 0.25) is 11.9 Å². The number of aromatic amines is 1. The topological polar surface area (TPSA) is 152 Å². The Morgan fingerprint density at radius 2 is 0.609 bits per heavy atom. The average Bonchev–Trinajstić information content (AvgIpc) is 1.57. The van der Waals surface area contributed by atoms with Crippen molar-refractivity contribution in [2.75, 3.05) is 0 Å². The van der Waals surface area contributed by atoms with Gasteiger partial charge in [-0.3, -0.25) is 23.3 Å². The lowest BCUT2D eigenvalue weighted by Gasteiger charge is -2.12. The second kappa shape index (κ2) is 29.6. The molecule has 544 valence electrons. The van der Waals surface area contributed by atoms with Gasteiger partial charge in [0, 0.05) is 98.4 Å².